The van der Waals surface area contributed by atoms with Crippen molar-refractivity contribution in [3.05, 3.63) is 59.9 Å². The minimum absolute atomic E-state index is 0.379. The van der Waals surface area contributed by atoms with Crippen LogP contribution < -0.4 is 4.74 Å². The molecule has 0 aliphatic carbocycles. The fraction of sp³-hybridized carbons (Fsp3) is 0.250. The number of aromatic nitrogens is 1. The molecule has 0 spiro atoms. The van der Waals surface area contributed by atoms with Crippen LogP contribution in [0.5, 0.6) is 5.75 Å². The van der Waals surface area contributed by atoms with E-state index in [-0.39, 0.29) is 0 Å². The van der Waals surface area contributed by atoms with Crippen LogP contribution in [0.15, 0.2) is 48.7 Å². The highest BCUT2D eigenvalue weighted by molar-refractivity contribution is 5.83. The van der Waals surface area contributed by atoms with E-state index in [0.717, 1.165) is 11.3 Å². The van der Waals surface area contributed by atoms with E-state index in [2.05, 4.69) is 4.98 Å². The molecule has 1 atom stereocenters. The number of para-hydroxylation sites is 1. The fourth-order valence-electron chi connectivity index (χ4n) is 2.75. The summed E-state index contributed by atoms with van der Waals surface area (Å²) in [6.07, 6.45) is 2.52. The second-order valence-electron chi connectivity index (χ2n) is 4.98. The van der Waals surface area contributed by atoms with Gasteiger partial charge in [0, 0.05) is 30.3 Å². The lowest BCUT2D eigenvalue weighted by Crippen LogP contribution is -2.42. The molecule has 0 amide bonds. The van der Waals surface area contributed by atoms with Crippen LogP contribution in [0.4, 0.5) is 0 Å². The number of benzene rings is 1. The van der Waals surface area contributed by atoms with E-state index in [9.17, 15) is 9.90 Å². The molecular weight excluding hydrogens is 254 g/mol. The minimum atomic E-state index is -0.955. The molecular formula is C16H15NO3. The van der Waals surface area contributed by atoms with Crippen LogP contribution in [0.2, 0.25) is 0 Å². The number of hydrogen-bond acceptors (Lipinski definition) is 3. The molecule has 2 aromatic rings. The van der Waals surface area contributed by atoms with Crippen molar-refractivity contribution >= 4 is 5.97 Å². The summed E-state index contributed by atoms with van der Waals surface area (Å²) in [6, 6.07) is 12.9. The SMILES string of the molecule is O=C(O)C1(Cc2ccccn2)CCOc2ccccc21. The number of nitrogens with zero attached hydrogens (tertiary/aromatic N) is 1. The van der Waals surface area contributed by atoms with Gasteiger partial charge in [-0.15, -0.1) is 0 Å². The van der Waals surface area contributed by atoms with Crippen LogP contribution in [0.1, 0.15) is 17.7 Å². The average Bonchev–Trinajstić information content (AvgIpc) is 2.48. The van der Waals surface area contributed by atoms with Gasteiger partial charge in [0.2, 0.25) is 0 Å². The van der Waals surface area contributed by atoms with Crippen molar-refractivity contribution in [2.24, 2.45) is 0 Å². The zero-order chi connectivity index (χ0) is 14.0. The maximum atomic E-state index is 12.0. The molecule has 0 bridgehead atoms. The van der Waals surface area contributed by atoms with E-state index < -0.39 is 11.4 Å². The summed E-state index contributed by atoms with van der Waals surface area (Å²) in [5.41, 5.74) is 0.569. The van der Waals surface area contributed by atoms with Crippen molar-refractivity contribution in [1.29, 1.82) is 0 Å². The van der Waals surface area contributed by atoms with Gasteiger partial charge in [-0.25, -0.2) is 0 Å². The largest absolute Gasteiger partial charge is 0.493 e. The summed E-state index contributed by atoms with van der Waals surface area (Å²) in [5.74, 6) is -0.156. The summed E-state index contributed by atoms with van der Waals surface area (Å²) in [4.78, 5) is 16.2. The van der Waals surface area contributed by atoms with E-state index in [1.165, 1.54) is 0 Å². The molecule has 1 unspecified atom stereocenters. The Morgan fingerprint density at radius 3 is 2.80 bits per heavy atom. The van der Waals surface area contributed by atoms with E-state index in [4.69, 9.17) is 4.74 Å². The summed E-state index contributed by atoms with van der Waals surface area (Å²) in [6.45, 7) is 0.413. The number of pyridine rings is 1. The lowest BCUT2D eigenvalue weighted by atomic mass is 9.72. The number of fused-ring (bicyclic) bond motifs is 1. The second kappa shape index (κ2) is 4.96. The Balaban J connectivity index is 2.08. The third kappa shape index (κ3) is 2.03. The number of carboxylic acid groups (broad SMARTS) is 1. The fourth-order valence-corrected chi connectivity index (χ4v) is 2.75. The van der Waals surface area contributed by atoms with E-state index in [1.807, 2.05) is 42.5 Å². The molecule has 0 saturated carbocycles. The van der Waals surface area contributed by atoms with Gasteiger partial charge in [0.05, 0.1) is 6.61 Å². The van der Waals surface area contributed by atoms with Gasteiger partial charge in [0.1, 0.15) is 11.2 Å². The number of ether oxygens (including phenoxy) is 1. The molecule has 0 saturated heterocycles. The number of carboxylic acids is 1. The van der Waals surface area contributed by atoms with Gasteiger partial charge >= 0.3 is 5.97 Å². The third-order valence-electron chi connectivity index (χ3n) is 3.81. The summed E-state index contributed by atoms with van der Waals surface area (Å²) < 4.78 is 5.58. The zero-order valence-electron chi connectivity index (χ0n) is 11.0. The molecule has 0 fully saturated rings. The van der Waals surface area contributed by atoms with Crippen LogP contribution in [-0.2, 0) is 16.6 Å². The van der Waals surface area contributed by atoms with Crippen molar-refractivity contribution in [1.82, 2.24) is 4.98 Å². The zero-order valence-corrected chi connectivity index (χ0v) is 11.0. The van der Waals surface area contributed by atoms with Crippen LogP contribution in [0.25, 0.3) is 0 Å². The highest BCUT2D eigenvalue weighted by Crippen LogP contribution is 2.41. The summed E-state index contributed by atoms with van der Waals surface area (Å²) >= 11 is 0. The third-order valence-corrected chi connectivity index (χ3v) is 3.81. The molecule has 3 rings (SSSR count). The molecule has 20 heavy (non-hydrogen) atoms. The number of hydrogen-bond donors (Lipinski definition) is 1. The van der Waals surface area contributed by atoms with E-state index >= 15 is 0 Å². The minimum Gasteiger partial charge on any atom is -0.493 e. The Hall–Kier alpha value is -2.36. The average molecular weight is 269 g/mol. The van der Waals surface area contributed by atoms with Crippen LogP contribution >= 0.6 is 0 Å². The Bertz CT molecular complexity index is 627. The van der Waals surface area contributed by atoms with Crippen molar-refractivity contribution in [3.8, 4) is 5.75 Å². The molecule has 1 N–H and O–H groups in total. The van der Waals surface area contributed by atoms with Gasteiger partial charge in [-0.1, -0.05) is 24.3 Å². The Labute approximate surface area is 117 Å². The standard InChI is InChI=1S/C16H15NO3/c18-15(19)16(11-12-5-3-4-9-17-12)8-10-20-14-7-2-1-6-13(14)16/h1-7,9H,8,10-11H2,(H,18,19). The van der Waals surface area contributed by atoms with Gasteiger partial charge in [-0.2, -0.15) is 0 Å². The molecule has 0 radical (unpaired) electrons. The van der Waals surface area contributed by atoms with Crippen molar-refractivity contribution in [2.75, 3.05) is 6.61 Å². The highest BCUT2D eigenvalue weighted by Gasteiger charge is 2.45. The first kappa shape index (κ1) is 12.7. The molecule has 1 aliphatic heterocycles. The Kier molecular flexibility index (Phi) is 3.14. The smallest absolute Gasteiger partial charge is 0.314 e. The van der Waals surface area contributed by atoms with E-state index in [1.54, 1.807) is 6.20 Å². The number of carbonyl (C=O) groups is 1. The molecule has 1 aliphatic rings. The van der Waals surface area contributed by atoms with Gasteiger partial charge in [0.15, 0.2) is 0 Å². The van der Waals surface area contributed by atoms with Crippen molar-refractivity contribution < 1.29 is 14.6 Å². The molecule has 1 aromatic carbocycles. The first-order valence-electron chi connectivity index (χ1n) is 6.58. The number of rotatable bonds is 3. The summed E-state index contributed by atoms with van der Waals surface area (Å²) in [5, 5.41) is 9.81. The molecule has 4 heteroatoms. The Morgan fingerprint density at radius 2 is 2.05 bits per heavy atom. The normalized spacial score (nSPS) is 20.8. The summed E-state index contributed by atoms with van der Waals surface area (Å²) in [7, 11) is 0. The van der Waals surface area contributed by atoms with Crippen molar-refractivity contribution in [2.45, 2.75) is 18.3 Å². The van der Waals surface area contributed by atoms with Crippen molar-refractivity contribution in [3.63, 3.8) is 0 Å². The topological polar surface area (TPSA) is 59.4 Å². The van der Waals surface area contributed by atoms with Crippen LogP contribution in [0.3, 0.4) is 0 Å². The van der Waals surface area contributed by atoms with Gasteiger partial charge < -0.3 is 9.84 Å². The quantitative estimate of drug-likeness (QED) is 0.929. The van der Waals surface area contributed by atoms with Crippen LogP contribution in [0, 0.1) is 0 Å². The monoisotopic (exact) mass is 269 g/mol. The van der Waals surface area contributed by atoms with Gasteiger partial charge in [-0.3, -0.25) is 9.78 Å². The second-order valence-corrected chi connectivity index (χ2v) is 4.98. The predicted molar refractivity (Wildman–Crippen MR) is 73.8 cm³/mol. The highest BCUT2D eigenvalue weighted by atomic mass is 16.5. The first-order valence-corrected chi connectivity index (χ1v) is 6.58. The molecule has 102 valence electrons. The maximum Gasteiger partial charge on any atom is 0.314 e. The lowest BCUT2D eigenvalue weighted by molar-refractivity contribution is -0.145. The van der Waals surface area contributed by atoms with E-state index in [0.29, 0.717) is 25.2 Å². The number of aliphatic carboxylic acids is 1. The van der Waals surface area contributed by atoms with Crippen LogP contribution in [-0.4, -0.2) is 22.7 Å². The van der Waals surface area contributed by atoms with Gasteiger partial charge in [-0.05, 0) is 18.2 Å². The first-order chi connectivity index (χ1) is 9.72. The lowest BCUT2D eigenvalue weighted by Gasteiger charge is -2.35. The molecule has 1 aromatic heterocycles. The van der Waals surface area contributed by atoms with Gasteiger partial charge in [0.25, 0.3) is 0 Å². The molecule has 2 heterocycles. The predicted octanol–water partition coefficient (Wildman–Crippen LogP) is 2.43. The Morgan fingerprint density at radius 1 is 1.25 bits per heavy atom. The maximum absolute atomic E-state index is 12.0. The molecule has 4 nitrogen and oxygen atoms in total.